The second kappa shape index (κ2) is 8.92. The lowest BCUT2D eigenvalue weighted by atomic mass is 10.0. The molecule has 134 valence electrons. The average molecular weight is 354 g/mol. The Morgan fingerprint density at radius 2 is 1.04 bits per heavy atom. The van der Waals surface area contributed by atoms with Crippen LogP contribution in [0.4, 0.5) is 17.6 Å². The Bertz CT molecular complexity index is 707. The highest BCUT2D eigenvalue weighted by Gasteiger charge is 2.21. The lowest BCUT2D eigenvalue weighted by Gasteiger charge is -2.12. The standard InChI is InChI=1S/C18H14F4O2.CH4/c1-3-9-23-13-7-5-11(15(19)17(13)21)12-6-8-14(24-10-4-2)18(22)16(12)20;/h3-8H,1-2,9-10H2;1H4. The molecule has 2 aromatic carbocycles. The van der Waals surface area contributed by atoms with Crippen molar-refractivity contribution in [3.8, 4) is 22.6 Å². The highest BCUT2D eigenvalue weighted by molar-refractivity contribution is 5.67. The maximum Gasteiger partial charge on any atom is 0.201 e. The van der Waals surface area contributed by atoms with Crippen LogP contribution in [0.15, 0.2) is 49.6 Å². The predicted octanol–water partition coefficient (Wildman–Crippen LogP) is 5.68. The summed E-state index contributed by atoms with van der Waals surface area (Å²) in [6.45, 7) is 6.75. The Kier molecular flexibility index (Phi) is 7.23. The summed E-state index contributed by atoms with van der Waals surface area (Å²) in [5.74, 6) is -5.95. The van der Waals surface area contributed by atoms with E-state index in [-0.39, 0.29) is 32.1 Å². The van der Waals surface area contributed by atoms with E-state index in [1.165, 1.54) is 12.2 Å². The quantitative estimate of drug-likeness (QED) is 0.471. The third-order valence-corrected chi connectivity index (χ3v) is 3.10. The number of ether oxygens (including phenoxy) is 2. The first kappa shape index (κ1) is 20.3. The van der Waals surface area contributed by atoms with Crippen molar-refractivity contribution in [3.05, 3.63) is 72.8 Å². The molecule has 6 heteroatoms. The van der Waals surface area contributed by atoms with Crippen LogP contribution in [0.3, 0.4) is 0 Å². The lowest BCUT2D eigenvalue weighted by molar-refractivity contribution is 0.331. The molecule has 0 radical (unpaired) electrons. The minimum Gasteiger partial charge on any atom is -0.486 e. The van der Waals surface area contributed by atoms with E-state index in [1.54, 1.807) is 0 Å². The van der Waals surface area contributed by atoms with E-state index >= 15 is 0 Å². The summed E-state index contributed by atoms with van der Waals surface area (Å²) in [5, 5.41) is 0. The molecule has 25 heavy (non-hydrogen) atoms. The highest BCUT2D eigenvalue weighted by Crippen LogP contribution is 2.34. The third-order valence-electron chi connectivity index (χ3n) is 3.10. The van der Waals surface area contributed by atoms with E-state index in [9.17, 15) is 17.6 Å². The van der Waals surface area contributed by atoms with Gasteiger partial charge in [-0.15, -0.1) is 0 Å². The number of halogens is 4. The van der Waals surface area contributed by atoms with Gasteiger partial charge in [0.15, 0.2) is 23.1 Å². The van der Waals surface area contributed by atoms with Crippen LogP contribution in [-0.4, -0.2) is 13.2 Å². The largest absolute Gasteiger partial charge is 0.486 e. The van der Waals surface area contributed by atoms with Gasteiger partial charge in [0.05, 0.1) is 0 Å². The predicted molar refractivity (Wildman–Crippen MR) is 89.8 cm³/mol. The maximum absolute atomic E-state index is 14.2. The summed E-state index contributed by atoms with van der Waals surface area (Å²) in [6.07, 6.45) is 2.73. The van der Waals surface area contributed by atoms with Crippen LogP contribution in [0.5, 0.6) is 11.5 Å². The van der Waals surface area contributed by atoms with Crippen molar-refractivity contribution in [2.45, 2.75) is 7.43 Å². The Morgan fingerprint density at radius 1 is 0.680 bits per heavy atom. The van der Waals surface area contributed by atoms with Gasteiger partial charge in [-0.25, -0.2) is 8.78 Å². The van der Waals surface area contributed by atoms with Gasteiger partial charge in [0.25, 0.3) is 0 Å². The van der Waals surface area contributed by atoms with E-state index in [4.69, 9.17) is 9.47 Å². The summed E-state index contributed by atoms with van der Waals surface area (Å²) in [6, 6.07) is 4.49. The van der Waals surface area contributed by atoms with Crippen LogP contribution in [0.1, 0.15) is 7.43 Å². The first-order valence-electron chi connectivity index (χ1n) is 6.95. The molecule has 0 aliphatic heterocycles. The van der Waals surface area contributed by atoms with Crippen LogP contribution < -0.4 is 9.47 Å². The molecule has 0 bridgehead atoms. The molecule has 2 nitrogen and oxygen atoms in total. The fourth-order valence-corrected chi connectivity index (χ4v) is 2.00. The van der Waals surface area contributed by atoms with Gasteiger partial charge in [-0.3, -0.25) is 0 Å². The smallest absolute Gasteiger partial charge is 0.201 e. The van der Waals surface area contributed by atoms with Gasteiger partial charge in [0.2, 0.25) is 11.6 Å². The first-order chi connectivity index (χ1) is 11.5. The van der Waals surface area contributed by atoms with Gasteiger partial charge in [0.1, 0.15) is 13.2 Å². The average Bonchev–Trinajstić information content (AvgIpc) is 2.58. The topological polar surface area (TPSA) is 18.5 Å². The molecule has 0 unspecified atom stereocenters. The van der Waals surface area contributed by atoms with Crippen LogP contribution in [-0.2, 0) is 0 Å². The molecule has 0 N–H and O–H groups in total. The zero-order valence-corrected chi connectivity index (χ0v) is 12.6. The molecule has 2 rings (SSSR count). The number of hydrogen-bond donors (Lipinski definition) is 0. The molecule has 0 saturated carbocycles. The Labute approximate surface area is 144 Å². The van der Waals surface area contributed by atoms with Crippen molar-refractivity contribution < 1.29 is 27.0 Å². The van der Waals surface area contributed by atoms with Crippen LogP contribution in [0.2, 0.25) is 0 Å². The van der Waals surface area contributed by atoms with Gasteiger partial charge >= 0.3 is 0 Å². The second-order valence-corrected chi connectivity index (χ2v) is 4.68. The summed E-state index contributed by atoms with van der Waals surface area (Å²) in [7, 11) is 0. The van der Waals surface area contributed by atoms with Gasteiger partial charge in [-0.1, -0.05) is 32.7 Å². The number of rotatable bonds is 7. The molecule has 0 aliphatic rings. The second-order valence-electron chi connectivity index (χ2n) is 4.68. The highest BCUT2D eigenvalue weighted by atomic mass is 19.2. The SMILES string of the molecule is C.C=CCOc1ccc(-c2ccc(OCC=C)c(F)c2F)c(F)c1F. The fraction of sp³-hybridized carbons (Fsp3) is 0.158. The van der Waals surface area contributed by atoms with E-state index in [0.29, 0.717) is 0 Å². The van der Waals surface area contributed by atoms with Crippen molar-refractivity contribution >= 4 is 0 Å². The molecule has 0 heterocycles. The third kappa shape index (κ3) is 4.21. The minimum atomic E-state index is -1.34. The van der Waals surface area contributed by atoms with Crippen LogP contribution in [0, 0.1) is 23.3 Å². The Hall–Kier alpha value is -2.76. The molecular weight excluding hydrogens is 336 g/mol. The van der Waals surface area contributed by atoms with Crippen LogP contribution in [0.25, 0.3) is 11.1 Å². The van der Waals surface area contributed by atoms with Crippen molar-refractivity contribution in [3.63, 3.8) is 0 Å². The summed E-state index contributed by atoms with van der Waals surface area (Å²) in [5.41, 5.74) is -0.852. The summed E-state index contributed by atoms with van der Waals surface area (Å²) >= 11 is 0. The van der Waals surface area contributed by atoms with Gasteiger partial charge in [0, 0.05) is 11.1 Å². The minimum absolute atomic E-state index is 0. The zero-order chi connectivity index (χ0) is 17.7. The normalized spacial score (nSPS) is 9.92. The molecule has 0 atom stereocenters. The molecule has 0 saturated heterocycles. The van der Waals surface area contributed by atoms with Crippen molar-refractivity contribution in [2.75, 3.05) is 13.2 Å². The molecule has 0 amide bonds. The molecule has 0 aromatic heterocycles. The van der Waals surface area contributed by atoms with E-state index in [2.05, 4.69) is 13.2 Å². The Morgan fingerprint density at radius 3 is 1.36 bits per heavy atom. The van der Waals surface area contributed by atoms with Crippen molar-refractivity contribution in [1.29, 1.82) is 0 Å². The van der Waals surface area contributed by atoms with E-state index in [0.717, 1.165) is 24.3 Å². The lowest BCUT2D eigenvalue weighted by Crippen LogP contribution is -2.02. The number of hydrogen-bond acceptors (Lipinski definition) is 2. The summed E-state index contributed by atoms with van der Waals surface area (Å²) in [4.78, 5) is 0. The molecule has 0 aliphatic carbocycles. The molecule has 0 fully saturated rings. The van der Waals surface area contributed by atoms with Gasteiger partial charge in [-0.2, -0.15) is 8.78 Å². The van der Waals surface area contributed by atoms with Gasteiger partial charge in [-0.05, 0) is 24.3 Å². The van der Waals surface area contributed by atoms with Gasteiger partial charge < -0.3 is 9.47 Å². The van der Waals surface area contributed by atoms with Crippen LogP contribution >= 0.6 is 0 Å². The monoisotopic (exact) mass is 354 g/mol. The van der Waals surface area contributed by atoms with E-state index in [1.807, 2.05) is 0 Å². The van der Waals surface area contributed by atoms with E-state index < -0.39 is 34.4 Å². The number of benzene rings is 2. The van der Waals surface area contributed by atoms with Crippen molar-refractivity contribution in [1.82, 2.24) is 0 Å². The molecule has 2 aromatic rings. The molecule has 0 spiro atoms. The Balaban J connectivity index is 0.00000312. The fourth-order valence-electron chi connectivity index (χ4n) is 2.00. The molecular formula is C19H18F4O2. The summed E-state index contributed by atoms with van der Waals surface area (Å²) < 4.78 is 66.2. The maximum atomic E-state index is 14.2. The zero-order valence-electron chi connectivity index (χ0n) is 12.6. The first-order valence-corrected chi connectivity index (χ1v) is 6.95. The van der Waals surface area contributed by atoms with Crippen molar-refractivity contribution in [2.24, 2.45) is 0 Å².